The number of hydrogen-bond donors (Lipinski definition) is 2. The van der Waals surface area contributed by atoms with Crippen LogP contribution < -0.4 is 5.32 Å². The number of hydrogen-bond acceptors (Lipinski definition) is 4. The van der Waals surface area contributed by atoms with Crippen LogP contribution in [0, 0.1) is 0 Å². The van der Waals surface area contributed by atoms with Crippen molar-refractivity contribution in [3.05, 3.63) is 113 Å². The number of rotatable bonds is 7. The molecule has 2 heterocycles. The molecule has 0 spiro atoms. The highest BCUT2D eigenvalue weighted by molar-refractivity contribution is 6.21. The number of imide groups is 1. The number of H-pyrrole nitrogens is 1. The van der Waals surface area contributed by atoms with Gasteiger partial charge < -0.3 is 10.3 Å². The van der Waals surface area contributed by atoms with E-state index in [0.29, 0.717) is 28.9 Å². The Labute approximate surface area is 202 Å². The van der Waals surface area contributed by atoms with E-state index in [1.165, 1.54) is 4.90 Å². The zero-order valence-electron chi connectivity index (χ0n) is 19.2. The summed E-state index contributed by atoms with van der Waals surface area (Å²) < 4.78 is 0. The van der Waals surface area contributed by atoms with Gasteiger partial charge in [-0.2, -0.15) is 0 Å². The van der Waals surface area contributed by atoms with E-state index in [-0.39, 0.29) is 30.3 Å². The van der Waals surface area contributed by atoms with Gasteiger partial charge in [-0.05, 0) is 41.8 Å². The Morgan fingerprint density at radius 1 is 0.914 bits per heavy atom. The number of imidazole rings is 1. The summed E-state index contributed by atoms with van der Waals surface area (Å²) in [5.41, 5.74) is 4.03. The molecule has 1 aromatic heterocycles. The van der Waals surface area contributed by atoms with Crippen LogP contribution in [0.25, 0.3) is 11.3 Å². The minimum absolute atomic E-state index is 0.153. The van der Waals surface area contributed by atoms with Crippen LogP contribution in [-0.4, -0.2) is 32.6 Å². The lowest BCUT2D eigenvalue weighted by Gasteiger charge is -2.16. The molecular weight excluding hydrogens is 440 g/mol. The zero-order chi connectivity index (χ0) is 24.4. The van der Waals surface area contributed by atoms with E-state index >= 15 is 0 Å². The molecule has 0 saturated heterocycles. The average Bonchev–Trinajstić information content (AvgIpc) is 3.48. The summed E-state index contributed by atoms with van der Waals surface area (Å²) in [6, 6.07) is 23.4. The van der Waals surface area contributed by atoms with E-state index in [1.54, 1.807) is 54.7 Å². The molecule has 1 unspecified atom stereocenters. The monoisotopic (exact) mass is 464 g/mol. The van der Waals surface area contributed by atoms with Crippen LogP contribution in [0.15, 0.2) is 85.1 Å². The Morgan fingerprint density at radius 3 is 2.17 bits per heavy atom. The molecule has 5 rings (SSSR count). The lowest BCUT2D eigenvalue weighted by atomic mass is 10.1. The molecule has 1 aliphatic heterocycles. The molecule has 174 valence electrons. The molecule has 0 radical (unpaired) electrons. The van der Waals surface area contributed by atoms with Gasteiger partial charge in [0.2, 0.25) is 0 Å². The van der Waals surface area contributed by atoms with Gasteiger partial charge in [-0.25, -0.2) is 4.98 Å². The summed E-state index contributed by atoms with van der Waals surface area (Å²) in [5.74, 6) is -0.123. The molecule has 35 heavy (non-hydrogen) atoms. The first-order valence-corrected chi connectivity index (χ1v) is 11.5. The molecule has 1 atom stereocenters. The highest BCUT2D eigenvalue weighted by Gasteiger charge is 2.34. The fourth-order valence-electron chi connectivity index (χ4n) is 4.21. The first-order valence-electron chi connectivity index (χ1n) is 11.5. The normalized spacial score (nSPS) is 13.6. The maximum atomic E-state index is 12.9. The van der Waals surface area contributed by atoms with Crippen LogP contribution in [0.5, 0.6) is 0 Å². The standard InChI is InChI=1S/C28H24N4O3/c1-2-23(25-29-16-24(30-25)19-8-4-3-5-9-19)31-26(33)20-14-12-18(13-15-20)17-32-27(34)21-10-6-7-11-22(21)28(32)35/h3-16,23H,2,17H2,1H3,(H,29,30)(H,31,33). The molecule has 0 fully saturated rings. The summed E-state index contributed by atoms with van der Waals surface area (Å²) in [6.07, 6.45) is 2.44. The van der Waals surface area contributed by atoms with E-state index in [9.17, 15) is 14.4 Å². The third-order valence-corrected chi connectivity index (χ3v) is 6.16. The SMILES string of the molecule is CCC(NC(=O)c1ccc(CN2C(=O)c3ccccc3C2=O)cc1)c1ncc(-c2ccccc2)[nH]1. The molecule has 3 amide bonds. The van der Waals surface area contributed by atoms with Gasteiger partial charge in [0.1, 0.15) is 5.82 Å². The van der Waals surface area contributed by atoms with Gasteiger partial charge in [-0.15, -0.1) is 0 Å². The third kappa shape index (κ3) is 4.36. The summed E-state index contributed by atoms with van der Waals surface area (Å²) >= 11 is 0. The number of carbonyl (C=O) groups is 3. The Bertz CT molecular complexity index is 1360. The van der Waals surface area contributed by atoms with Crippen molar-refractivity contribution in [1.82, 2.24) is 20.2 Å². The number of carbonyl (C=O) groups excluding carboxylic acids is 3. The van der Waals surface area contributed by atoms with Gasteiger partial charge in [0.15, 0.2) is 0 Å². The molecule has 1 aliphatic rings. The predicted molar refractivity (Wildman–Crippen MR) is 132 cm³/mol. The Hall–Kier alpha value is -4.52. The zero-order valence-corrected chi connectivity index (χ0v) is 19.2. The summed E-state index contributed by atoms with van der Waals surface area (Å²) in [4.78, 5) is 47.1. The van der Waals surface area contributed by atoms with Crippen molar-refractivity contribution >= 4 is 17.7 Å². The van der Waals surface area contributed by atoms with Gasteiger partial charge in [0.25, 0.3) is 17.7 Å². The molecule has 0 bridgehead atoms. The smallest absolute Gasteiger partial charge is 0.261 e. The van der Waals surface area contributed by atoms with Gasteiger partial charge in [0.05, 0.1) is 35.6 Å². The van der Waals surface area contributed by atoms with Crippen LogP contribution in [0.1, 0.15) is 61.8 Å². The largest absolute Gasteiger partial charge is 0.342 e. The minimum Gasteiger partial charge on any atom is -0.342 e. The number of nitrogens with one attached hydrogen (secondary N) is 2. The molecule has 4 aromatic rings. The summed E-state index contributed by atoms with van der Waals surface area (Å²) in [7, 11) is 0. The minimum atomic E-state index is -0.300. The maximum absolute atomic E-state index is 12.9. The lowest BCUT2D eigenvalue weighted by Crippen LogP contribution is -2.30. The van der Waals surface area contributed by atoms with E-state index < -0.39 is 0 Å². The molecule has 7 nitrogen and oxygen atoms in total. The molecule has 0 aliphatic carbocycles. The van der Waals surface area contributed by atoms with Crippen molar-refractivity contribution in [3.63, 3.8) is 0 Å². The van der Waals surface area contributed by atoms with E-state index in [0.717, 1.165) is 16.8 Å². The maximum Gasteiger partial charge on any atom is 0.261 e. The van der Waals surface area contributed by atoms with E-state index in [2.05, 4.69) is 15.3 Å². The number of amides is 3. The molecule has 2 N–H and O–H groups in total. The quantitative estimate of drug-likeness (QED) is 0.386. The lowest BCUT2D eigenvalue weighted by molar-refractivity contribution is 0.0641. The first-order chi connectivity index (χ1) is 17.0. The van der Waals surface area contributed by atoms with Crippen molar-refractivity contribution in [2.75, 3.05) is 0 Å². The molecule has 3 aromatic carbocycles. The number of aromatic nitrogens is 2. The van der Waals surface area contributed by atoms with Crippen LogP contribution in [0.2, 0.25) is 0 Å². The second-order valence-corrected chi connectivity index (χ2v) is 8.42. The summed E-state index contributed by atoms with van der Waals surface area (Å²) in [5, 5.41) is 3.03. The van der Waals surface area contributed by atoms with Gasteiger partial charge in [-0.3, -0.25) is 19.3 Å². The number of nitrogens with zero attached hydrogens (tertiary/aromatic N) is 2. The van der Waals surface area contributed by atoms with Gasteiger partial charge in [-0.1, -0.05) is 61.5 Å². The van der Waals surface area contributed by atoms with Gasteiger partial charge >= 0.3 is 0 Å². The highest BCUT2D eigenvalue weighted by Crippen LogP contribution is 2.25. The van der Waals surface area contributed by atoms with Crippen LogP contribution in [0.4, 0.5) is 0 Å². The molecular formula is C28H24N4O3. The number of aromatic amines is 1. The van der Waals surface area contributed by atoms with Crippen LogP contribution >= 0.6 is 0 Å². The molecule has 7 heteroatoms. The van der Waals surface area contributed by atoms with Gasteiger partial charge in [0, 0.05) is 5.56 Å². The third-order valence-electron chi connectivity index (χ3n) is 6.16. The fraction of sp³-hybridized carbons (Fsp3) is 0.143. The second-order valence-electron chi connectivity index (χ2n) is 8.42. The Kier molecular flexibility index (Phi) is 5.97. The summed E-state index contributed by atoms with van der Waals surface area (Å²) in [6.45, 7) is 2.14. The first kappa shape index (κ1) is 22.3. The second kappa shape index (κ2) is 9.38. The Morgan fingerprint density at radius 2 is 1.54 bits per heavy atom. The van der Waals surface area contributed by atoms with Crippen molar-refractivity contribution in [1.29, 1.82) is 0 Å². The average molecular weight is 465 g/mol. The van der Waals surface area contributed by atoms with E-state index in [1.807, 2.05) is 37.3 Å². The number of fused-ring (bicyclic) bond motifs is 1. The molecule has 0 saturated carbocycles. The topological polar surface area (TPSA) is 95.2 Å². The predicted octanol–water partition coefficient (Wildman–Crippen LogP) is 4.75. The van der Waals surface area contributed by atoms with Crippen molar-refractivity contribution in [2.24, 2.45) is 0 Å². The Balaban J connectivity index is 1.25. The van der Waals surface area contributed by atoms with Crippen LogP contribution in [-0.2, 0) is 6.54 Å². The van der Waals surface area contributed by atoms with Crippen molar-refractivity contribution < 1.29 is 14.4 Å². The van der Waals surface area contributed by atoms with Crippen molar-refractivity contribution in [3.8, 4) is 11.3 Å². The van der Waals surface area contributed by atoms with Crippen LogP contribution in [0.3, 0.4) is 0 Å². The number of benzene rings is 3. The highest BCUT2D eigenvalue weighted by atomic mass is 16.2. The van der Waals surface area contributed by atoms with Crippen molar-refractivity contribution in [2.45, 2.75) is 25.9 Å². The van der Waals surface area contributed by atoms with E-state index in [4.69, 9.17) is 0 Å². The fourth-order valence-corrected chi connectivity index (χ4v) is 4.21.